The van der Waals surface area contributed by atoms with Gasteiger partial charge in [-0.1, -0.05) is 42.7 Å². The number of hydrogen-bond donors (Lipinski definition) is 0. The minimum absolute atomic E-state index is 0.0422. The number of thiazole rings is 1. The van der Waals surface area contributed by atoms with Crippen LogP contribution in [-0.4, -0.2) is 68.8 Å². The van der Waals surface area contributed by atoms with Crippen LogP contribution in [-0.2, 0) is 10.0 Å². The van der Waals surface area contributed by atoms with E-state index in [2.05, 4.69) is 4.98 Å². The molecule has 1 aromatic heterocycles. The number of likely N-dealkylation sites (N-methyl/N-ethyl adjacent to an activating group) is 1. The highest BCUT2D eigenvalue weighted by Gasteiger charge is 2.29. The maximum atomic E-state index is 13.5. The van der Waals surface area contributed by atoms with Crippen molar-refractivity contribution < 1.29 is 13.2 Å². The summed E-state index contributed by atoms with van der Waals surface area (Å²) in [6.07, 6.45) is 5.09. The van der Waals surface area contributed by atoms with Gasteiger partial charge in [0.25, 0.3) is 5.91 Å². The fourth-order valence-electron chi connectivity index (χ4n) is 4.29. The third-order valence-corrected chi connectivity index (χ3v) is 9.38. The lowest BCUT2D eigenvalue weighted by Crippen LogP contribution is -2.38. The quantitative estimate of drug-likeness (QED) is 0.457. The Balaban J connectivity index is 1.58. The summed E-state index contributed by atoms with van der Waals surface area (Å²) < 4.78 is 28.9. The van der Waals surface area contributed by atoms with Gasteiger partial charge in [0.15, 0.2) is 5.13 Å². The Hall–Kier alpha value is -2.33. The van der Waals surface area contributed by atoms with Crippen molar-refractivity contribution in [2.45, 2.75) is 43.0 Å². The van der Waals surface area contributed by atoms with E-state index in [4.69, 9.17) is 0 Å². The van der Waals surface area contributed by atoms with Crippen LogP contribution in [0.15, 0.2) is 53.4 Å². The predicted octanol–water partition coefficient (Wildman–Crippen LogP) is 4.46. The van der Waals surface area contributed by atoms with Crippen molar-refractivity contribution in [3.8, 4) is 0 Å². The summed E-state index contributed by atoms with van der Waals surface area (Å²) in [5, 5.41) is 0.641. The van der Waals surface area contributed by atoms with Gasteiger partial charge in [-0.15, -0.1) is 0 Å². The van der Waals surface area contributed by atoms with Gasteiger partial charge >= 0.3 is 0 Å². The maximum absolute atomic E-state index is 13.5. The average molecular weight is 501 g/mol. The zero-order valence-electron chi connectivity index (χ0n) is 20.0. The van der Waals surface area contributed by atoms with Gasteiger partial charge in [-0.3, -0.25) is 9.69 Å². The molecule has 0 saturated heterocycles. The van der Waals surface area contributed by atoms with E-state index in [-0.39, 0.29) is 16.8 Å². The summed E-state index contributed by atoms with van der Waals surface area (Å²) in [6, 6.07) is 14.2. The smallest absolute Gasteiger partial charge is 0.260 e. The Labute approximate surface area is 206 Å². The van der Waals surface area contributed by atoms with E-state index < -0.39 is 10.0 Å². The molecule has 1 fully saturated rings. The molecule has 182 valence electrons. The molecule has 0 atom stereocenters. The molecule has 0 unspecified atom stereocenters. The highest BCUT2D eigenvalue weighted by Crippen LogP contribution is 2.30. The first kappa shape index (κ1) is 24.8. The number of para-hydroxylation sites is 1. The number of carbonyl (C=O) groups excluding carboxylic acids is 1. The number of fused-ring (bicyclic) bond motifs is 1. The number of amides is 1. The van der Waals surface area contributed by atoms with Gasteiger partial charge in [0, 0.05) is 31.7 Å². The van der Waals surface area contributed by atoms with Crippen molar-refractivity contribution in [2.24, 2.45) is 0 Å². The lowest BCUT2D eigenvalue weighted by atomic mass is 9.96. The van der Waals surface area contributed by atoms with E-state index in [9.17, 15) is 13.2 Å². The minimum atomic E-state index is -3.60. The minimum Gasteiger partial charge on any atom is -0.308 e. The summed E-state index contributed by atoms with van der Waals surface area (Å²) in [6.45, 7) is 1.16. The Morgan fingerprint density at radius 2 is 1.65 bits per heavy atom. The molecular weight excluding hydrogens is 468 g/mol. The number of hydrogen-bond acceptors (Lipinski definition) is 6. The molecule has 4 rings (SSSR count). The summed E-state index contributed by atoms with van der Waals surface area (Å²) in [5.74, 6) is -0.189. The van der Waals surface area contributed by atoms with Crippen LogP contribution in [0.2, 0.25) is 0 Å². The van der Waals surface area contributed by atoms with E-state index in [1.165, 1.54) is 22.1 Å². The van der Waals surface area contributed by atoms with E-state index in [0.29, 0.717) is 23.8 Å². The standard InChI is InChI=1S/C25H32N4O3S2/c1-27(2)17-18-29(25-26-22-11-7-8-12-23(22)33-25)24(30)19-13-15-21(16-14-19)34(31,32)28(3)20-9-5-4-6-10-20/h7-8,11-16,20H,4-6,9-10,17-18H2,1-3H3. The van der Waals surface area contributed by atoms with Crippen molar-refractivity contribution >= 4 is 42.6 Å². The number of nitrogens with zero attached hydrogens (tertiary/aromatic N) is 4. The second-order valence-corrected chi connectivity index (χ2v) is 12.1. The molecule has 0 N–H and O–H groups in total. The molecule has 1 saturated carbocycles. The fourth-order valence-corrected chi connectivity index (χ4v) is 6.70. The number of carbonyl (C=O) groups is 1. The fraction of sp³-hybridized carbons (Fsp3) is 0.440. The maximum Gasteiger partial charge on any atom is 0.260 e. The molecule has 9 heteroatoms. The highest BCUT2D eigenvalue weighted by atomic mass is 32.2. The molecule has 3 aromatic rings. The molecule has 1 aliphatic rings. The van der Waals surface area contributed by atoms with Crippen LogP contribution in [0.25, 0.3) is 10.2 Å². The Bertz CT molecular complexity index is 1200. The Kier molecular flexibility index (Phi) is 7.67. The van der Waals surface area contributed by atoms with Gasteiger partial charge in [-0.2, -0.15) is 4.31 Å². The third kappa shape index (κ3) is 5.33. The Morgan fingerprint density at radius 1 is 0.971 bits per heavy atom. The molecule has 0 bridgehead atoms. The number of anilines is 1. The number of aromatic nitrogens is 1. The van der Waals surface area contributed by atoms with E-state index in [0.717, 1.165) is 35.9 Å². The lowest BCUT2D eigenvalue weighted by Gasteiger charge is -2.30. The zero-order chi connectivity index (χ0) is 24.3. The van der Waals surface area contributed by atoms with Gasteiger partial charge < -0.3 is 4.90 Å². The normalized spacial score (nSPS) is 15.3. The molecule has 1 amide bonds. The van der Waals surface area contributed by atoms with Crippen molar-refractivity contribution in [3.05, 3.63) is 54.1 Å². The summed E-state index contributed by atoms with van der Waals surface area (Å²) in [5.41, 5.74) is 1.30. The first-order valence-corrected chi connectivity index (χ1v) is 13.9. The van der Waals surface area contributed by atoms with Gasteiger partial charge in [-0.05, 0) is 63.3 Å². The lowest BCUT2D eigenvalue weighted by molar-refractivity contribution is 0.0985. The van der Waals surface area contributed by atoms with Crippen LogP contribution in [0.1, 0.15) is 42.5 Å². The zero-order valence-corrected chi connectivity index (χ0v) is 21.6. The SMILES string of the molecule is CN(C)CCN(C(=O)c1ccc(S(=O)(=O)N(C)C2CCCCC2)cc1)c1nc2ccccc2s1. The van der Waals surface area contributed by atoms with Crippen LogP contribution in [0.4, 0.5) is 5.13 Å². The van der Waals surface area contributed by atoms with Crippen LogP contribution in [0.3, 0.4) is 0 Å². The third-order valence-electron chi connectivity index (χ3n) is 6.40. The molecule has 0 spiro atoms. The van der Waals surface area contributed by atoms with E-state index >= 15 is 0 Å². The largest absolute Gasteiger partial charge is 0.308 e. The molecule has 0 radical (unpaired) electrons. The monoisotopic (exact) mass is 500 g/mol. The first-order valence-electron chi connectivity index (χ1n) is 11.7. The average Bonchev–Trinajstić information content (AvgIpc) is 3.28. The van der Waals surface area contributed by atoms with Gasteiger partial charge in [0.05, 0.1) is 15.1 Å². The molecule has 1 aliphatic carbocycles. The molecule has 7 nitrogen and oxygen atoms in total. The van der Waals surface area contributed by atoms with Gasteiger partial charge in [0.1, 0.15) is 0 Å². The van der Waals surface area contributed by atoms with Crippen LogP contribution < -0.4 is 4.90 Å². The molecule has 34 heavy (non-hydrogen) atoms. The van der Waals surface area contributed by atoms with Crippen LogP contribution in [0, 0.1) is 0 Å². The highest BCUT2D eigenvalue weighted by molar-refractivity contribution is 7.89. The van der Waals surface area contributed by atoms with Gasteiger partial charge in [-0.25, -0.2) is 13.4 Å². The molecule has 2 aromatic carbocycles. The first-order chi connectivity index (χ1) is 16.3. The molecule has 0 aliphatic heterocycles. The topological polar surface area (TPSA) is 73.8 Å². The molecule has 1 heterocycles. The summed E-state index contributed by atoms with van der Waals surface area (Å²) in [4.78, 5) is 22.1. The van der Waals surface area contributed by atoms with Crippen molar-refractivity contribution in [1.82, 2.24) is 14.2 Å². The predicted molar refractivity (Wildman–Crippen MR) is 138 cm³/mol. The van der Waals surface area contributed by atoms with Gasteiger partial charge in [0.2, 0.25) is 10.0 Å². The Morgan fingerprint density at radius 3 is 2.29 bits per heavy atom. The van der Waals surface area contributed by atoms with E-state index in [1.807, 2.05) is 43.3 Å². The van der Waals surface area contributed by atoms with Crippen LogP contribution >= 0.6 is 11.3 Å². The van der Waals surface area contributed by atoms with Crippen molar-refractivity contribution in [1.29, 1.82) is 0 Å². The van der Waals surface area contributed by atoms with Crippen molar-refractivity contribution in [2.75, 3.05) is 39.1 Å². The van der Waals surface area contributed by atoms with Crippen molar-refractivity contribution in [3.63, 3.8) is 0 Å². The second kappa shape index (κ2) is 10.5. The summed E-state index contributed by atoms with van der Waals surface area (Å²) >= 11 is 1.48. The van der Waals surface area contributed by atoms with E-state index in [1.54, 1.807) is 36.2 Å². The number of sulfonamides is 1. The molecular formula is C25H32N4O3S2. The summed E-state index contributed by atoms with van der Waals surface area (Å²) in [7, 11) is 1.99. The second-order valence-electron chi connectivity index (χ2n) is 9.06. The van der Waals surface area contributed by atoms with Crippen LogP contribution in [0.5, 0.6) is 0 Å². The number of rotatable bonds is 8. The number of benzene rings is 2.